The second-order valence-electron chi connectivity index (χ2n) is 4.67. The molecule has 23 heavy (non-hydrogen) atoms. The fraction of sp³-hybridized carbons (Fsp3) is 0.0667. The summed E-state index contributed by atoms with van der Waals surface area (Å²) in [6.07, 6.45) is -0.568. The van der Waals surface area contributed by atoms with Gasteiger partial charge in [0.2, 0.25) is 0 Å². The summed E-state index contributed by atoms with van der Waals surface area (Å²) in [6, 6.07) is 12.0. The number of nitrogens with zero attached hydrogens (tertiary/aromatic N) is 1. The molecule has 1 aliphatic heterocycles. The molecule has 0 fully saturated rings. The Balaban J connectivity index is 1.93. The maximum absolute atomic E-state index is 12.3. The van der Waals surface area contributed by atoms with Crippen LogP contribution in [0.1, 0.15) is 11.1 Å². The van der Waals surface area contributed by atoms with Gasteiger partial charge in [0, 0.05) is 5.56 Å². The fourth-order valence-corrected chi connectivity index (χ4v) is 3.18. The number of carbonyl (C=O) groups is 1. The first-order valence-corrected chi connectivity index (χ1v) is 7.91. The van der Waals surface area contributed by atoms with E-state index in [9.17, 15) is 13.2 Å². The first kappa shape index (κ1) is 14.9. The van der Waals surface area contributed by atoms with Crippen LogP contribution in [0.2, 0.25) is 0 Å². The van der Waals surface area contributed by atoms with E-state index in [1.807, 2.05) is 6.07 Å². The van der Waals surface area contributed by atoms with Crippen molar-refractivity contribution in [2.24, 2.45) is 0 Å². The van der Waals surface area contributed by atoms with Crippen LogP contribution in [-0.2, 0) is 21.5 Å². The Bertz CT molecular complexity index is 931. The summed E-state index contributed by atoms with van der Waals surface area (Å²) in [7, 11) is -4.14. The Labute approximate surface area is 132 Å². The van der Waals surface area contributed by atoms with Crippen LogP contribution in [0.3, 0.4) is 0 Å². The Kier molecular flexibility index (Phi) is 3.64. The van der Waals surface area contributed by atoms with Crippen LogP contribution in [0, 0.1) is 11.3 Å². The summed E-state index contributed by atoms with van der Waals surface area (Å²) < 4.78 is 34.5. The molecular weight excluding hydrogens is 320 g/mol. The van der Waals surface area contributed by atoms with Crippen molar-refractivity contribution < 1.29 is 22.1 Å². The van der Waals surface area contributed by atoms with Gasteiger partial charge < -0.3 is 8.92 Å². The molecule has 2 aromatic carbocycles. The molecular formula is C15H10N2O5S. The van der Waals surface area contributed by atoms with Gasteiger partial charge in [-0.1, -0.05) is 12.1 Å². The molecule has 116 valence electrons. The monoisotopic (exact) mass is 330 g/mol. The lowest BCUT2D eigenvalue weighted by Gasteiger charge is -2.18. The largest absolute Gasteiger partial charge is 0.444 e. The highest BCUT2D eigenvalue weighted by Gasteiger charge is 2.22. The normalized spacial score (nSPS) is 13.3. The van der Waals surface area contributed by atoms with E-state index in [4.69, 9.17) is 14.2 Å². The number of rotatable bonds is 3. The van der Waals surface area contributed by atoms with Crippen molar-refractivity contribution in [3.05, 3.63) is 53.6 Å². The molecule has 0 spiro atoms. The van der Waals surface area contributed by atoms with Crippen molar-refractivity contribution in [3.63, 3.8) is 0 Å². The van der Waals surface area contributed by atoms with E-state index in [0.29, 0.717) is 11.3 Å². The highest BCUT2D eigenvalue weighted by Crippen LogP contribution is 2.28. The van der Waals surface area contributed by atoms with E-state index in [0.717, 1.165) is 0 Å². The lowest BCUT2D eigenvalue weighted by Crippen LogP contribution is -2.20. The average molecular weight is 330 g/mol. The summed E-state index contributed by atoms with van der Waals surface area (Å²) in [5.74, 6) is 0.0660. The minimum atomic E-state index is -4.14. The minimum absolute atomic E-state index is 0.000978. The zero-order valence-electron chi connectivity index (χ0n) is 11.6. The summed E-state index contributed by atoms with van der Waals surface area (Å²) in [6.45, 7) is 0.0210. The molecule has 2 aromatic rings. The number of anilines is 1. The number of nitriles is 1. The molecule has 1 amide bonds. The van der Waals surface area contributed by atoms with Crippen molar-refractivity contribution >= 4 is 21.9 Å². The molecule has 0 saturated carbocycles. The molecule has 1 aliphatic rings. The highest BCUT2D eigenvalue weighted by molar-refractivity contribution is 7.87. The van der Waals surface area contributed by atoms with Gasteiger partial charge in [-0.15, -0.1) is 0 Å². The van der Waals surface area contributed by atoms with Crippen LogP contribution in [0.4, 0.5) is 10.5 Å². The van der Waals surface area contributed by atoms with Crippen molar-refractivity contribution in [1.82, 2.24) is 0 Å². The Hall–Kier alpha value is -3.05. The standard InChI is InChI=1S/C15H10N2O5S/c16-8-10-3-1-2-4-14(10)23(19,20)22-12-5-6-13-11(7-12)9-21-15(18)17-13/h1-7H,9H2,(H,17,18). The summed E-state index contributed by atoms with van der Waals surface area (Å²) in [5, 5.41) is 11.5. The van der Waals surface area contributed by atoms with Crippen LogP contribution < -0.4 is 9.50 Å². The predicted octanol–water partition coefficient (Wildman–Crippen LogP) is 2.39. The Morgan fingerprint density at radius 3 is 2.78 bits per heavy atom. The highest BCUT2D eigenvalue weighted by atomic mass is 32.2. The molecule has 8 heteroatoms. The molecule has 0 aliphatic carbocycles. The third-order valence-electron chi connectivity index (χ3n) is 3.15. The van der Waals surface area contributed by atoms with E-state index >= 15 is 0 Å². The van der Waals surface area contributed by atoms with Crippen LogP contribution in [0.5, 0.6) is 5.75 Å². The molecule has 3 rings (SSSR count). The zero-order chi connectivity index (χ0) is 16.4. The molecule has 0 unspecified atom stereocenters. The lowest BCUT2D eigenvalue weighted by atomic mass is 10.1. The van der Waals surface area contributed by atoms with Gasteiger partial charge in [-0.2, -0.15) is 13.7 Å². The third-order valence-corrected chi connectivity index (χ3v) is 4.46. The zero-order valence-corrected chi connectivity index (χ0v) is 12.5. The van der Waals surface area contributed by atoms with Gasteiger partial charge in [0.15, 0.2) is 0 Å². The molecule has 0 radical (unpaired) electrons. The first-order valence-electron chi connectivity index (χ1n) is 6.50. The topological polar surface area (TPSA) is 105 Å². The number of hydrogen-bond donors (Lipinski definition) is 1. The van der Waals surface area contributed by atoms with E-state index in [2.05, 4.69) is 5.32 Å². The molecule has 1 heterocycles. The Morgan fingerprint density at radius 2 is 2.00 bits per heavy atom. The summed E-state index contributed by atoms with van der Waals surface area (Å²) >= 11 is 0. The molecule has 7 nitrogen and oxygen atoms in total. The van der Waals surface area contributed by atoms with Gasteiger partial charge in [0.1, 0.15) is 23.3 Å². The van der Waals surface area contributed by atoms with Crippen molar-refractivity contribution in [3.8, 4) is 11.8 Å². The number of benzene rings is 2. The molecule has 0 bridgehead atoms. The Morgan fingerprint density at radius 1 is 1.22 bits per heavy atom. The van der Waals surface area contributed by atoms with Crippen molar-refractivity contribution in [1.29, 1.82) is 5.26 Å². The molecule has 1 N–H and O–H groups in total. The number of hydrogen-bond acceptors (Lipinski definition) is 6. The van der Waals surface area contributed by atoms with Gasteiger partial charge >= 0.3 is 16.2 Å². The second kappa shape index (κ2) is 5.62. The SMILES string of the molecule is N#Cc1ccccc1S(=O)(=O)Oc1ccc2c(c1)COC(=O)N2. The van der Waals surface area contributed by atoms with Gasteiger partial charge in [-0.05, 0) is 30.3 Å². The number of fused-ring (bicyclic) bond motifs is 1. The van der Waals surface area contributed by atoms with Gasteiger partial charge in [-0.25, -0.2) is 4.79 Å². The number of cyclic esters (lactones) is 1. The number of ether oxygens (including phenoxy) is 1. The maximum Gasteiger partial charge on any atom is 0.411 e. The van der Waals surface area contributed by atoms with Crippen molar-refractivity contribution in [2.75, 3.05) is 5.32 Å². The number of amides is 1. The van der Waals surface area contributed by atoms with Crippen molar-refractivity contribution in [2.45, 2.75) is 11.5 Å². The minimum Gasteiger partial charge on any atom is -0.444 e. The summed E-state index contributed by atoms with van der Waals surface area (Å²) in [5.41, 5.74) is 1.12. The number of carbonyl (C=O) groups excluding carboxylic acids is 1. The second-order valence-corrected chi connectivity index (χ2v) is 6.18. The van der Waals surface area contributed by atoms with Gasteiger partial charge in [0.05, 0.1) is 11.3 Å². The molecule has 0 aromatic heterocycles. The van der Waals surface area contributed by atoms with E-state index < -0.39 is 16.2 Å². The quantitative estimate of drug-likeness (QED) is 0.866. The molecule has 0 atom stereocenters. The average Bonchev–Trinajstić information content (AvgIpc) is 2.54. The van der Waals surface area contributed by atoms with Gasteiger partial charge in [-0.3, -0.25) is 5.32 Å². The third kappa shape index (κ3) is 2.95. The van der Waals surface area contributed by atoms with E-state index in [1.165, 1.54) is 36.4 Å². The molecule has 0 saturated heterocycles. The predicted molar refractivity (Wildman–Crippen MR) is 79.2 cm³/mol. The van der Waals surface area contributed by atoms with Crippen LogP contribution >= 0.6 is 0 Å². The first-order chi connectivity index (χ1) is 11.0. The van der Waals surface area contributed by atoms with Crippen LogP contribution in [0.25, 0.3) is 0 Å². The number of nitrogens with one attached hydrogen (secondary N) is 1. The summed E-state index contributed by atoms with van der Waals surface area (Å²) in [4.78, 5) is 10.9. The lowest BCUT2D eigenvalue weighted by molar-refractivity contribution is 0.151. The maximum atomic E-state index is 12.3. The smallest absolute Gasteiger partial charge is 0.411 e. The van der Waals surface area contributed by atoms with Crippen LogP contribution in [0.15, 0.2) is 47.4 Å². The van der Waals surface area contributed by atoms with Gasteiger partial charge in [0.25, 0.3) is 0 Å². The van der Waals surface area contributed by atoms with E-state index in [1.54, 1.807) is 6.07 Å². The fourth-order valence-electron chi connectivity index (χ4n) is 2.10. The van der Waals surface area contributed by atoms with E-state index in [-0.39, 0.29) is 22.8 Å². The van der Waals surface area contributed by atoms with Crippen LogP contribution in [-0.4, -0.2) is 14.5 Å².